The highest BCUT2D eigenvalue weighted by atomic mass is 79.9. The maximum Gasteiger partial charge on any atom is 0.297 e. The minimum atomic E-state index is -0.703. The van der Waals surface area contributed by atoms with E-state index in [1.165, 1.54) is 10.9 Å². The molecule has 0 radical (unpaired) electrons. The predicted molar refractivity (Wildman–Crippen MR) is 92.3 cm³/mol. The van der Waals surface area contributed by atoms with Gasteiger partial charge in [0.2, 0.25) is 5.54 Å². The molecule has 2 aromatic carbocycles. The molecular formula is C18H15BrN3O+. The first-order chi connectivity index (χ1) is 11.2. The number of nitrogens with one attached hydrogen (secondary N) is 2. The summed E-state index contributed by atoms with van der Waals surface area (Å²) in [6.45, 7) is 0.897. The van der Waals surface area contributed by atoms with Crippen LogP contribution in [0.1, 0.15) is 16.8 Å². The lowest BCUT2D eigenvalue weighted by Gasteiger charge is -2.29. The summed E-state index contributed by atoms with van der Waals surface area (Å²) in [5, 5.41) is 6.45. The van der Waals surface area contributed by atoms with Gasteiger partial charge in [-0.15, -0.1) is 0 Å². The fraction of sp³-hybridized carbons (Fsp3) is 0.167. The van der Waals surface area contributed by atoms with Crippen molar-refractivity contribution >= 4 is 38.4 Å². The second kappa shape index (κ2) is 4.46. The van der Waals surface area contributed by atoms with E-state index in [9.17, 15) is 4.79 Å². The van der Waals surface area contributed by atoms with Crippen LogP contribution in [0, 0.1) is 0 Å². The second-order valence-corrected chi connectivity index (χ2v) is 7.13. The van der Waals surface area contributed by atoms with Crippen LogP contribution in [0.15, 0.2) is 46.9 Å². The number of rotatable bonds is 0. The Kier molecular flexibility index (Phi) is 2.59. The highest BCUT2D eigenvalue weighted by Crippen LogP contribution is 2.43. The van der Waals surface area contributed by atoms with Gasteiger partial charge in [-0.2, -0.15) is 0 Å². The molecule has 1 atom stereocenters. The van der Waals surface area contributed by atoms with E-state index >= 15 is 0 Å². The summed E-state index contributed by atoms with van der Waals surface area (Å²) in [6, 6.07) is 14.3. The van der Waals surface area contributed by atoms with E-state index < -0.39 is 5.54 Å². The topological polar surface area (TPSA) is 61.5 Å². The standard InChI is InChI=1S/C18H14BrN3O/c19-10-5-6-15-13(9-10)18(17(23)22-15)16-12(7-8-20-18)11-3-1-2-4-14(11)21-16/h1-6,9,20-21H,7-8H2,(H,22,23)/p+1/t18-/m0/s1. The maximum absolute atomic E-state index is 13.0. The van der Waals surface area contributed by atoms with Crippen LogP contribution in [0.5, 0.6) is 0 Å². The second-order valence-electron chi connectivity index (χ2n) is 6.22. The van der Waals surface area contributed by atoms with Gasteiger partial charge in [-0.25, -0.2) is 0 Å². The van der Waals surface area contributed by atoms with Crippen molar-refractivity contribution < 1.29 is 10.1 Å². The van der Waals surface area contributed by atoms with Crippen molar-refractivity contribution in [1.29, 1.82) is 0 Å². The number of aromatic nitrogens is 1. The first-order valence-electron chi connectivity index (χ1n) is 7.76. The molecule has 3 aromatic rings. The molecule has 23 heavy (non-hydrogen) atoms. The summed E-state index contributed by atoms with van der Waals surface area (Å²) in [7, 11) is 0. The zero-order chi connectivity index (χ0) is 15.6. The highest BCUT2D eigenvalue weighted by Gasteiger charge is 2.56. The molecule has 0 saturated heterocycles. The number of H-pyrrole nitrogens is 1. The van der Waals surface area contributed by atoms with Gasteiger partial charge in [-0.1, -0.05) is 34.1 Å². The number of fused-ring (bicyclic) bond motifs is 6. The Balaban J connectivity index is 1.87. The number of quaternary nitrogens is 1. The Hall–Kier alpha value is -2.11. The van der Waals surface area contributed by atoms with Gasteiger partial charge < -0.3 is 15.6 Å². The van der Waals surface area contributed by atoms with E-state index in [0.717, 1.165) is 39.9 Å². The number of benzene rings is 2. The lowest BCUT2D eigenvalue weighted by atomic mass is 9.82. The van der Waals surface area contributed by atoms with Crippen molar-refractivity contribution in [3.8, 4) is 0 Å². The third-order valence-corrected chi connectivity index (χ3v) is 5.56. The lowest BCUT2D eigenvalue weighted by molar-refractivity contribution is -0.713. The fourth-order valence-corrected chi connectivity index (χ4v) is 4.44. The van der Waals surface area contributed by atoms with Crippen LogP contribution in [-0.2, 0) is 16.8 Å². The highest BCUT2D eigenvalue weighted by molar-refractivity contribution is 9.10. The minimum Gasteiger partial charge on any atom is -0.352 e. The van der Waals surface area contributed by atoms with Crippen molar-refractivity contribution in [3.05, 3.63) is 63.8 Å². The summed E-state index contributed by atoms with van der Waals surface area (Å²) < 4.78 is 0.990. The van der Waals surface area contributed by atoms with E-state index in [-0.39, 0.29) is 5.91 Å². The Morgan fingerprint density at radius 2 is 2.04 bits per heavy atom. The average Bonchev–Trinajstić information content (AvgIpc) is 3.06. The van der Waals surface area contributed by atoms with Crippen LogP contribution in [0.25, 0.3) is 10.9 Å². The van der Waals surface area contributed by atoms with Gasteiger partial charge in [0.05, 0.1) is 23.5 Å². The lowest BCUT2D eigenvalue weighted by Crippen LogP contribution is -2.98. The van der Waals surface area contributed by atoms with E-state index in [4.69, 9.17) is 0 Å². The van der Waals surface area contributed by atoms with Crippen molar-refractivity contribution in [3.63, 3.8) is 0 Å². The molecule has 2 aliphatic rings. The quantitative estimate of drug-likeness (QED) is 0.559. The molecule has 1 amide bonds. The largest absolute Gasteiger partial charge is 0.352 e. The Labute approximate surface area is 141 Å². The predicted octanol–water partition coefficient (Wildman–Crippen LogP) is 2.25. The fourth-order valence-electron chi connectivity index (χ4n) is 4.08. The summed E-state index contributed by atoms with van der Waals surface area (Å²) in [5.74, 6) is 0.0399. The third kappa shape index (κ3) is 1.61. The Bertz CT molecular complexity index is 978. The molecular weight excluding hydrogens is 354 g/mol. The Morgan fingerprint density at radius 1 is 1.17 bits per heavy atom. The molecule has 4 N–H and O–H groups in total. The summed E-state index contributed by atoms with van der Waals surface area (Å²) in [6.07, 6.45) is 0.970. The van der Waals surface area contributed by atoms with Gasteiger partial charge in [0.25, 0.3) is 5.91 Å². The molecule has 0 bridgehead atoms. The van der Waals surface area contributed by atoms with Gasteiger partial charge in [-0.3, -0.25) is 4.79 Å². The summed E-state index contributed by atoms with van der Waals surface area (Å²) >= 11 is 3.55. The molecule has 2 aliphatic heterocycles. The zero-order valence-corrected chi connectivity index (χ0v) is 13.9. The molecule has 5 rings (SSSR count). The van der Waals surface area contributed by atoms with Crippen LogP contribution in [0.3, 0.4) is 0 Å². The number of aromatic amines is 1. The minimum absolute atomic E-state index is 0.0399. The molecule has 4 nitrogen and oxygen atoms in total. The first-order valence-corrected chi connectivity index (χ1v) is 8.55. The number of amides is 1. The van der Waals surface area contributed by atoms with E-state index in [1.54, 1.807) is 0 Å². The monoisotopic (exact) mass is 368 g/mol. The van der Waals surface area contributed by atoms with Crippen LogP contribution >= 0.6 is 15.9 Å². The normalized spacial score (nSPS) is 22.2. The van der Waals surface area contributed by atoms with Crippen LogP contribution in [-0.4, -0.2) is 17.4 Å². The summed E-state index contributed by atoms with van der Waals surface area (Å²) in [4.78, 5) is 16.5. The number of halogens is 1. The number of anilines is 1. The SMILES string of the molecule is O=C1Nc2ccc(Br)cc2[C@@]12[NH2+]CCc1c2[nH]c2ccccc12. The molecule has 1 aromatic heterocycles. The molecule has 0 unspecified atom stereocenters. The number of para-hydroxylation sites is 1. The number of hydrogen-bond donors (Lipinski definition) is 3. The molecule has 5 heteroatoms. The van der Waals surface area contributed by atoms with Crippen LogP contribution in [0.4, 0.5) is 5.69 Å². The van der Waals surface area contributed by atoms with E-state index in [1.807, 2.05) is 18.2 Å². The molecule has 1 spiro atoms. The molecule has 0 saturated carbocycles. The van der Waals surface area contributed by atoms with Gasteiger partial charge in [0.15, 0.2) is 0 Å². The van der Waals surface area contributed by atoms with Crippen molar-refractivity contribution in [2.75, 3.05) is 11.9 Å². The maximum atomic E-state index is 13.0. The zero-order valence-electron chi connectivity index (χ0n) is 12.3. The first kappa shape index (κ1) is 13.3. The van der Waals surface area contributed by atoms with Gasteiger partial charge in [-0.05, 0) is 29.8 Å². The van der Waals surface area contributed by atoms with Gasteiger partial charge in [0.1, 0.15) is 0 Å². The van der Waals surface area contributed by atoms with Crippen LogP contribution in [0.2, 0.25) is 0 Å². The van der Waals surface area contributed by atoms with E-state index in [2.05, 4.69) is 55.8 Å². The number of hydrogen-bond acceptors (Lipinski definition) is 1. The van der Waals surface area contributed by atoms with Crippen LogP contribution < -0.4 is 10.6 Å². The van der Waals surface area contributed by atoms with Crippen molar-refractivity contribution in [1.82, 2.24) is 4.98 Å². The molecule has 114 valence electrons. The number of nitrogens with two attached hydrogens (primary N) is 1. The summed E-state index contributed by atoms with van der Waals surface area (Å²) in [5.41, 5.74) is 4.63. The average molecular weight is 369 g/mol. The van der Waals surface area contributed by atoms with Gasteiger partial charge in [0, 0.05) is 21.8 Å². The van der Waals surface area contributed by atoms with Gasteiger partial charge >= 0.3 is 0 Å². The number of carbonyl (C=O) groups excluding carboxylic acids is 1. The molecule has 3 heterocycles. The third-order valence-electron chi connectivity index (χ3n) is 5.07. The Morgan fingerprint density at radius 3 is 2.96 bits per heavy atom. The molecule has 0 aliphatic carbocycles. The smallest absolute Gasteiger partial charge is 0.297 e. The van der Waals surface area contributed by atoms with Crippen molar-refractivity contribution in [2.45, 2.75) is 12.0 Å². The number of carbonyl (C=O) groups is 1. The van der Waals surface area contributed by atoms with Crippen molar-refractivity contribution in [2.24, 2.45) is 0 Å². The van der Waals surface area contributed by atoms with E-state index in [0.29, 0.717) is 0 Å². The molecule has 0 fully saturated rings.